The van der Waals surface area contributed by atoms with E-state index in [1.165, 1.54) is 0 Å². The zero-order valence-corrected chi connectivity index (χ0v) is 12.9. The molecule has 2 aromatic heterocycles. The van der Waals surface area contributed by atoms with Crippen LogP contribution < -0.4 is 4.74 Å². The second-order valence-electron chi connectivity index (χ2n) is 5.50. The van der Waals surface area contributed by atoms with E-state index in [2.05, 4.69) is 34.2 Å². The number of aromatic amines is 1. The first-order valence-electron chi connectivity index (χ1n) is 7.41. The molecule has 0 aliphatic rings. The lowest BCUT2D eigenvalue weighted by molar-refractivity contribution is 0.281. The summed E-state index contributed by atoms with van der Waals surface area (Å²) in [4.78, 5) is 6.42. The lowest BCUT2D eigenvalue weighted by atomic mass is 10.1. The van der Waals surface area contributed by atoms with Crippen LogP contribution in [0.25, 0.3) is 22.3 Å². The summed E-state index contributed by atoms with van der Waals surface area (Å²) in [7, 11) is 4.13. The second kappa shape index (κ2) is 6.58. The van der Waals surface area contributed by atoms with Gasteiger partial charge in [-0.1, -0.05) is 0 Å². The van der Waals surface area contributed by atoms with Crippen molar-refractivity contribution in [1.82, 2.24) is 20.1 Å². The third-order valence-corrected chi connectivity index (χ3v) is 3.48. The molecule has 1 aromatic carbocycles. The van der Waals surface area contributed by atoms with E-state index in [0.717, 1.165) is 47.6 Å². The molecule has 0 saturated heterocycles. The molecule has 3 aromatic rings. The monoisotopic (exact) mass is 296 g/mol. The summed E-state index contributed by atoms with van der Waals surface area (Å²) in [6, 6.07) is 12.0. The number of nitrogens with zero attached hydrogens (tertiary/aromatic N) is 3. The molecule has 0 atom stereocenters. The van der Waals surface area contributed by atoms with Crippen molar-refractivity contribution in [2.75, 3.05) is 27.2 Å². The summed E-state index contributed by atoms with van der Waals surface area (Å²) in [5.74, 6) is 0.889. The molecular weight excluding hydrogens is 276 g/mol. The highest BCUT2D eigenvalue weighted by Crippen LogP contribution is 2.26. The molecular formula is C17H20N4O. The number of aromatic nitrogens is 3. The Morgan fingerprint density at radius 1 is 1.14 bits per heavy atom. The van der Waals surface area contributed by atoms with E-state index in [4.69, 9.17) is 4.74 Å². The molecule has 114 valence electrons. The maximum atomic E-state index is 5.75. The van der Waals surface area contributed by atoms with Crippen LogP contribution in [-0.2, 0) is 0 Å². The highest BCUT2D eigenvalue weighted by molar-refractivity contribution is 5.90. The Balaban J connectivity index is 1.69. The minimum Gasteiger partial charge on any atom is -0.494 e. The normalized spacial score (nSPS) is 11.2. The van der Waals surface area contributed by atoms with Crippen LogP contribution >= 0.6 is 0 Å². The van der Waals surface area contributed by atoms with Gasteiger partial charge in [-0.25, -0.2) is 4.98 Å². The number of rotatable bonds is 6. The predicted molar refractivity (Wildman–Crippen MR) is 88.0 cm³/mol. The number of benzene rings is 1. The van der Waals surface area contributed by atoms with Crippen molar-refractivity contribution < 1.29 is 4.74 Å². The predicted octanol–water partition coefficient (Wildman–Crippen LogP) is 2.96. The van der Waals surface area contributed by atoms with E-state index < -0.39 is 0 Å². The number of hydrogen-bond donors (Lipinski definition) is 1. The van der Waals surface area contributed by atoms with Gasteiger partial charge in [-0.05, 0) is 56.9 Å². The minimum absolute atomic E-state index is 0.729. The number of nitrogens with one attached hydrogen (secondary N) is 1. The Bertz CT molecular complexity index is 734. The summed E-state index contributed by atoms with van der Waals surface area (Å²) < 4.78 is 5.75. The Labute approximate surface area is 129 Å². The Morgan fingerprint density at radius 2 is 1.95 bits per heavy atom. The van der Waals surface area contributed by atoms with Crippen molar-refractivity contribution in [2.24, 2.45) is 0 Å². The molecule has 1 N–H and O–H groups in total. The van der Waals surface area contributed by atoms with Gasteiger partial charge in [0.25, 0.3) is 0 Å². The molecule has 0 unspecified atom stereocenters. The van der Waals surface area contributed by atoms with Gasteiger partial charge in [-0.2, -0.15) is 5.10 Å². The standard InChI is InChI=1S/C17H20N4O/c1-21(2)11-4-12-22-14-8-6-13(7-9-14)16-15-5-3-10-18-17(15)20-19-16/h3,5-10H,4,11-12H2,1-2H3,(H,18,19,20). The molecule has 0 spiro atoms. The molecule has 5 heteroatoms. The van der Waals surface area contributed by atoms with Gasteiger partial charge in [0.2, 0.25) is 0 Å². The number of ether oxygens (including phenoxy) is 1. The second-order valence-corrected chi connectivity index (χ2v) is 5.50. The van der Waals surface area contributed by atoms with Gasteiger partial charge < -0.3 is 9.64 Å². The fourth-order valence-corrected chi connectivity index (χ4v) is 2.35. The fraction of sp³-hybridized carbons (Fsp3) is 0.294. The van der Waals surface area contributed by atoms with Gasteiger partial charge in [0.1, 0.15) is 11.4 Å². The van der Waals surface area contributed by atoms with E-state index in [1.807, 2.05) is 36.4 Å². The fourth-order valence-electron chi connectivity index (χ4n) is 2.35. The van der Waals surface area contributed by atoms with E-state index in [-0.39, 0.29) is 0 Å². The van der Waals surface area contributed by atoms with E-state index >= 15 is 0 Å². The number of H-pyrrole nitrogens is 1. The van der Waals surface area contributed by atoms with E-state index in [9.17, 15) is 0 Å². The zero-order valence-electron chi connectivity index (χ0n) is 12.9. The average Bonchev–Trinajstić information content (AvgIpc) is 2.96. The molecule has 0 saturated carbocycles. The summed E-state index contributed by atoms with van der Waals surface area (Å²) in [5.41, 5.74) is 2.78. The smallest absolute Gasteiger partial charge is 0.155 e. The Hall–Kier alpha value is -2.40. The molecule has 0 fully saturated rings. The number of hydrogen-bond acceptors (Lipinski definition) is 4. The first kappa shape index (κ1) is 14.5. The summed E-state index contributed by atoms with van der Waals surface area (Å²) >= 11 is 0. The Kier molecular flexibility index (Phi) is 4.34. The van der Waals surface area contributed by atoms with Crippen molar-refractivity contribution >= 4 is 11.0 Å². The molecule has 0 bridgehead atoms. The van der Waals surface area contributed by atoms with Gasteiger partial charge in [-0.3, -0.25) is 5.10 Å². The number of pyridine rings is 1. The van der Waals surface area contributed by atoms with Crippen molar-refractivity contribution in [3.8, 4) is 17.0 Å². The third-order valence-electron chi connectivity index (χ3n) is 3.48. The van der Waals surface area contributed by atoms with Crippen LogP contribution in [0.4, 0.5) is 0 Å². The summed E-state index contributed by atoms with van der Waals surface area (Å²) in [6.07, 6.45) is 2.78. The van der Waals surface area contributed by atoms with Gasteiger partial charge >= 0.3 is 0 Å². The summed E-state index contributed by atoms with van der Waals surface area (Å²) in [6.45, 7) is 1.76. The molecule has 22 heavy (non-hydrogen) atoms. The maximum absolute atomic E-state index is 5.75. The molecule has 2 heterocycles. The van der Waals surface area contributed by atoms with Crippen LogP contribution in [0.5, 0.6) is 5.75 Å². The lowest BCUT2D eigenvalue weighted by Gasteiger charge is -2.10. The largest absolute Gasteiger partial charge is 0.494 e. The van der Waals surface area contributed by atoms with Crippen LogP contribution in [0.1, 0.15) is 6.42 Å². The molecule has 0 aliphatic carbocycles. The zero-order chi connectivity index (χ0) is 15.4. The van der Waals surface area contributed by atoms with Crippen molar-refractivity contribution in [3.05, 3.63) is 42.6 Å². The number of fused-ring (bicyclic) bond motifs is 1. The van der Waals surface area contributed by atoms with Gasteiger partial charge in [-0.15, -0.1) is 0 Å². The van der Waals surface area contributed by atoms with Crippen molar-refractivity contribution in [2.45, 2.75) is 6.42 Å². The molecule has 0 radical (unpaired) electrons. The van der Waals surface area contributed by atoms with Crippen molar-refractivity contribution in [3.63, 3.8) is 0 Å². The topological polar surface area (TPSA) is 54.0 Å². The minimum atomic E-state index is 0.729. The van der Waals surface area contributed by atoms with Crippen molar-refractivity contribution in [1.29, 1.82) is 0 Å². The van der Waals surface area contributed by atoms with Gasteiger partial charge in [0, 0.05) is 23.7 Å². The van der Waals surface area contributed by atoms with Crippen LogP contribution in [0.3, 0.4) is 0 Å². The van der Waals surface area contributed by atoms with E-state index in [1.54, 1.807) is 6.20 Å². The van der Waals surface area contributed by atoms with Crippen LogP contribution in [0.15, 0.2) is 42.6 Å². The molecule has 3 rings (SSSR count). The highest BCUT2D eigenvalue weighted by Gasteiger charge is 2.08. The SMILES string of the molecule is CN(C)CCCOc1ccc(-c2n[nH]c3ncccc23)cc1. The molecule has 0 amide bonds. The third kappa shape index (κ3) is 3.26. The van der Waals surface area contributed by atoms with Crippen LogP contribution in [0, 0.1) is 0 Å². The van der Waals surface area contributed by atoms with Gasteiger partial charge in [0.15, 0.2) is 5.65 Å². The first-order chi connectivity index (χ1) is 10.7. The Morgan fingerprint density at radius 3 is 2.73 bits per heavy atom. The van der Waals surface area contributed by atoms with Crippen LogP contribution in [-0.4, -0.2) is 47.3 Å². The molecule has 5 nitrogen and oxygen atoms in total. The molecule has 0 aliphatic heterocycles. The maximum Gasteiger partial charge on any atom is 0.155 e. The average molecular weight is 296 g/mol. The first-order valence-corrected chi connectivity index (χ1v) is 7.41. The highest BCUT2D eigenvalue weighted by atomic mass is 16.5. The lowest BCUT2D eigenvalue weighted by Crippen LogP contribution is -2.15. The quantitative estimate of drug-likeness (QED) is 0.711. The van der Waals surface area contributed by atoms with Gasteiger partial charge in [0.05, 0.1) is 6.61 Å². The summed E-state index contributed by atoms with van der Waals surface area (Å²) in [5, 5.41) is 8.34. The van der Waals surface area contributed by atoms with Crippen LogP contribution in [0.2, 0.25) is 0 Å². The van der Waals surface area contributed by atoms with E-state index in [0.29, 0.717) is 0 Å².